The van der Waals surface area contributed by atoms with Gasteiger partial charge in [0, 0.05) is 11.6 Å². The van der Waals surface area contributed by atoms with Crippen LogP contribution in [0.25, 0.3) is 22.6 Å². The van der Waals surface area contributed by atoms with Gasteiger partial charge in [-0.25, -0.2) is 4.39 Å². The molecule has 0 saturated heterocycles. The number of rotatable bonds is 2. The Morgan fingerprint density at radius 3 is 2.47 bits per heavy atom. The van der Waals surface area contributed by atoms with E-state index in [1.807, 2.05) is 0 Å². The Labute approximate surface area is 108 Å². The predicted molar refractivity (Wildman–Crippen MR) is 69.0 cm³/mol. The Hall–Kier alpha value is -2.62. The molecule has 0 spiro atoms. The topological polar surface area (TPSA) is 46.3 Å². The number of hydrogen-bond donors (Lipinski definition) is 1. The van der Waals surface area contributed by atoms with Gasteiger partial charge >= 0.3 is 0 Å². The Balaban J connectivity index is 2.00. The molecule has 0 unspecified atom stereocenters. The smallest absolute Gasteiger partial charge is 0.170 e. The van der Waals surface area contributed by atoms with Gasteiger partial charge in [0.2, 0.25) is 0 Å². The van der Waals surface area contributed by atoms with Gasteiger partial charge in [0.25, 0.3) is 0 Å². The van der Waals surface area contributed by atoms with Crippen LogP contribution in [0.1, 0.15) is 0 Å². The van der Waals surface area contributed by atoms with Crippen molar-refractivity contribution in [1.29, 1.82) is 0 Å². The van der Waals surface area contributed by atoms with Crippen molar-refractivity contribution in [3.8, 4) is 28.3 Å². The molecule has 3 nitrogen and oxygen atoms in total. The number of aromatic hydroxyl groups is 1. The van der Waals surface area contributed by atoms with Crippen LogP contribution in [0.5, 0.6) is 5.75 Å². The molecule has 1 N–H and O–H groups in total. The second-order valence-electron chi connectivity index (χ2n) is 4.10. The molecule has 0 saturated carbocycles. The molecule has 1 heterocycles. The Bertz CT molecular complexity index is 704. The zero-order valence-electron chi connectivity index (χ0n) is 9.88. The molecule has 0 atom stereocenters. The largest absolute Gasteiger partial charge is 0.508 e. The lowest BCUT2D eigenvalue weighted by Gasteiger charge is -1.96. The van der Waals surface area contributed by atoms with E-state index >= 15 is 0 Å². The van der Waals surface area contributed by atoms with E-state index in [0.29, 0.717) is 17.0 Å². The van der Waals surface area contributed by atoms with Crippen LogP contribution in [-0.2, 0) is 0 Å². The van der Waals surface area contributed by atoms with Gasteiger partial charge in [0.15, 0.2) is 5.76 Å². The summed E-state index contributed by atoms with van der Waals surface area (Å²) in [4.78, 5) is 0. The van der Waals surface area contributed by atoms with E-state index in [2.05, 4.69) is 5.16 Å². The number of nitrogens with zero attached hydrogens (tertiary/aromatic N) is 1. The summed E-state index contributed by atoms with van der Waals surface area (Å²) < 4.78 is 18.8. The summed E-state index contributed by atoms with van der Waals surface area (Å²) >= 11 is 0. The van der Waals surface area contributed by atoms with Crippen molar-refractivity contribution in [2.24, 2.45) is 0 Å². The minimum Gasteiger partial charge on any atom is -0.508 e. The first-order chi connectivity index (χ1) is 9.24. The van der Waals surface area contributed by atoms with Gasteiger partial charge in [-0.15, -0.1) is 0 Å². The van der Waals surface area contributed by atoms with Gasteiger partial charge in [-0.3, -0.25) is 0 Å². The van der Waals surface area contributed by atoms with Crippen molar-refractivity contribution >= 4 is 0 Å². The average molecular weight is 255 g/mol. The van der Waals surface area contributed by atoms with Crippen molar-refractivity contribution < 1.29 is 14.0 Å². The van der Waals surface area contributed by atoms with Crippen LogP contribution in [0.4, 0.5) is 4.39 Å². The zero-order valence-corrected chi connectivity index (χ0v) is 9.88. The minimum atomic E-state index is -0.351. The minimum absolute atomic E-state index is 0.182. The molecule has 2 aromatic carbocycles. The lowest BCUT2D eigenvalue weighted by Crippen LogP contribution is -1.80. The zero-order chi connectivity index (χ0) is 13.2. The highest BCUT2D eigenvalue weighted by Crippen LogP contribution is 2.28. The molecule has 0 bridgehead atoms. The van der Waals surface area contributed by atoms with E-state index < -0.39 is 0 Å². The lowest BCUT2D eigenvalue weighted by molar-refractivity contribution is 0.432. The predicted octanol–water partition coefficient (Wildman–Crippen LogP) is 3.85. The third-order valence-corrected chi connectivity index (χ3v) is 2.81. The van der Waals surface area contributed by atoms with E-state index in [-0.39, 0.29) is 11.6 Å². The SMILES string of the molecule is Oc1ccc(-c2cc(-c3ccccc3F)on2)cc1. The number of phenolic OH excluding ortho intramolecular Hbond substituents is 1. The fourth-order valence-corrected chi connectivity index (χ4v) is 1.83. The summed E-state index contributed by atoms with van der Waals surface area (Å²) in [6.07, 6.45) is 0. The van der Waals surface area contributed by atoms with E-state index in [9.17, 15) is 9.50 Å². The quantitative estimate of drug-likeness (QED) is 0.756. The molecular weight excluding hydrogens is 245 g/mol. The first-order valence-corrected chi connectivity index (χ1v) is 5.75. The average Bonchev–Trinajstić information content (AvgIpc) is 2.89. The maximum atomic E-state index is 13.6. The molecule has 0 aliphatic rings. The summed E-state index contributed by atoms with van der Waals surface area (Å²) in [6.45, 7) is 0. The van der Waals surface area contributed by atoms with Crippen LogP contribution in [0, 0.1) is 5.82 Å². The van der Waals surface area contributed by atoms with Crippen molar-refractivity contribution in [2.45, 2.75) is 0 Å². The maximum Gasteiger partial charge on any atom is 0.170 e. The molecule has 1 aromatic heterocycles. The summed E-state index contributed by atoms with van der Waals surface area (Å²) in [5, 5.41) is 13.1. The summed E-state index contributed by atoms with van der Waals surface area (Å²) in [7, 11) is 0. The fourth-order valence-electron chi connectivity index (χ4n) is 1.83. The standard InChI is InChI=1S/C15H10FNO2/c16-13-4-2-1-3-12(13)15-9-14(17-19-15)10-5-7-11(18)8-6-10/h1-9,18H. The van der Waals surface area contributed by atoms with Gasteiger partial charge in [-0.05, 0) is 36.4 Å². The second-order valence-corrected chi connectivity index (χ2v) is 4.10. The van der Waals surface area contributed by atoms with Gasteiger partial charge < -0.3 is 9.63 Å². The molecule has 94 valence electrons. The molecule has 4 heteroatoms. The number of phenols is 1. The molecule has 0 aliphatic heterocycles. The van der Waals surface area contributed by atoms with Crippen molar-refractivity contribution in [3.63, 3.8) is 0 Å². The number of aromatic nitrogens is 1. The van der Waals surface area contributed by atoms with E-state index in [0.717, 1.165) is 5.56 Å². The van der Waals surface area contributed by atoms with E-state index in [1.165, 1.54) is 6.07 Å². The second kappa shape index (κ2) is 4.57. The summed E-state index contributed by atoms with van der Waals surface area (Å²) in [6, 6.07) is 14.6. The molecule has 0 amide bonds. The van der Waals surface area contributed by atoms with Crippen LogP contribution in [0.3, 0.4) is 0 Å². The third kappa shape index (κ3) is 2.20. The fraction of sp³-hybridized carbons (Fsp3) is 0. The lowest BCUT2D eigenvalue weighted by atomic mass is 10.1. The highest BCUT2D eigenvalue weighted by Gasteiger charge is 2.11. The van der Waals surface area contributed by atoms with Gasteiger partial charge in [0.1, 0.15) is 17.3 Å². The molecule has 3 aromatic rings. The van der Waals surface area contributed by atoms with Gasteiger partial charge in [-0.1, -0.05) is 17.3 Å². The first-order valence-electron chi connectivity index (χ1n) is 5.75. The highest BCUT2D eigenvalue weighted by atomic mass is 19.1. The third-order valence-electron chi connectivity index (χ3n) is 2.81. The molecular formula is C15H10FNO2. The van der Waals surface area contributed by atoms with Crippen molar-refractivity contribution in [2.75, 3.05) is 0 Å². The van der Waals surface area contributed by atoms with Crippen LogP contribution in [-0.4, -0.2) is 10.3 Å². The van der Waals surface area contributed by atoms with Crippen molar-refractivity contribution in [1.82, 2.24) is 5.16 Å². The normalized spacial score (nSPS) is 10.6. The Morgan fingerprint density at radius 2 is 1.74 bits per heavy atom. The number of halogens is 1. The highest BCUT2D eigenvalue weighted by molar-refractivity contribution is 5.67. The van der Waals surface area contributed by atoms with E-state index in [4.69, 9.17) is 4.52 Å². The Kier molecular flexibility index (Phi) is 2.76. The van der Waals surface area contributed by atoms with Gasteiger partial charge in [-0.2, -0.15) is 0 Å². The van der Waals surface area contributed by atoms with Crippen molar-refractivity contribution in [3.05, 3.63) is 60.4 Å². The number of hydrogen-bond acceptors (Lipinski definition) is 3. The van der Waals surface area contributed by atoms with Crippen LogP contribution >= 0.6 is 0 Å². The molecule has 0 fully saturated rings. The summed E-state index contributed by atoms with van der Waals surface area (Å²) in [5.41, 5.74) is 1.77. The van der Waals surface area contributed by atoms with Crippen LogP contribution in [0.2, 0.25) is 0 Å². The van der Waals surface area contributed by atoms with Crippen LogP contribution < -0.4 is 0 Å². The molecule has 19 heavy (non-hydrogen) atoms. The number of benzene rings is 2. The molecule has 3 rings (SSSR count). The maximum absolute atomic E-state index is 13.6. The monoisotopic (exact) mass is 255 g/mol. The molecule has 0 radical (unpaired) electrons. The van der Waals surface area contributed by atoms with E-state index in [1.54, 1.807) is 48.5 Å². The molecule has 0 aliphatic carbocycles. The first kappa shape index (κ1) is 11.5. The van der Waals surface area contributed by atoms with Gasteiger partial charge in [0.05, 0.1) is 5.56 Å². The Morgan fingerprint density at radius 1 is 1.00 bits per heavy atom. The van der Waals surface area contributed by atoms with Crippen LogP contribution in [0.15, 0.2) is 59.1 Å². The summed E-state index contributed by atoms with van der Waals surface area (Å²) in [5.74, 6) is 0.207.